The van der Waals surface area contributed by atoms with Gasteiger partial charge in [0, 0.05) is 35.7 Å². The molecule has 2 N–H and O–H groups in total. The molecule has 22 heavy (non-hydrogen) atoms. The predicted octanol–water partition coefficient (Wildman–Crippen LogP) is 3.55. The maximum Gasteiger partial charge on any atom is 0.321 e. The summed E-state index contributed by atoms with van der Waals surface area (Å²) in [6.07, 6.45) is 6.62. The molecule has 1 aliphatic rings. The van der Waals surface area contributed by atoms with Crippen LogP contribution in [-0.2, 0) is 6.42 Å². The summed E-state index contributed by atoms with van der Waals surface area (Å²) in [5.74, 6) is 0.607. The van der Waals surface area contributed by atoms with Crippen molar-refractivity contribution in [3.05, 3.63) is 47.5 Å². The van der Waals surface area contributed by atoms with Crippen LogP contribution >= 0.6 is 11.6 Å². The van der Waals surface area contributed by atoms with Crippen LogP contribution in [0.4, 0.5) is 10.5 Å². The van der Waals surface area contributed by atoms with E-state index in [9.17, 15) is 4.79 Å². The van der Waals surface area contributed by atoms with Crippen molar-refractivity contribution in [2.45, 2.75) is 19.3 Å². The summed E-state index contributed by atoms with van der Waals surface area (Å²) in [4.78, 5) is 21.3. The lowest BCUT2D eigenvalue weighted by Gasteiger charge is -2.31. The zero-order valence-corrected chi connectivity index (χ0v) is 13.0. The van der Waals surface area contributed by atoms with Crippen molar-refractivity contribution in [3.8, 4) is 0 Å². The predicted molar refractivity (Wildman–Crippen MR) is 87.1 cm³/mol. The Balaban J connectivity index is 1.49. The number of likely N-dealkylation sites (tertiary alicyclic amines) is 1. The van der Waals surface area contributed by atoms with Crippen LogP contribution in [0.1, 0.15) is 18.5 Å². The van der Waals surface area contributed by atoms with Gasteiger partial charge in [-0.25, -0.2) is 9.78 Å². The fraction of sp³-hybridized carbons (Fsp3) is 0.375. The fourth-order valence-electron chi connectivity index (χ4n) is 2.82. The van der Waals surface area contributed by atoms with Gasteiger partial charge in [-0.1, -0.05) is 17.7 Å². The van der Waals surface area contributed by atoms with Gasteiger partial charge >= 0.3 is 6.03 Å². The van der Waals surface area contributed by atoms with E-state index in [1.165, 1.54) is 5.69 Å². The van der Waals surface area contributed by atoms with Crippen LogP contribution in [-0.4, -0.2) is 34.0 Å². The zero-order chi connectivity index (χ0) is 15.4. The van der Waals surface area contributed by atoms with E-state index in [0.29, 0.717) is 10.9 Å². The number of anilines is 1. The number of carbonyl (C=O) groups excluding carboxylic acids is 1. The Bertz CT molecular complexity index is 621. The zero-order valence-electron chi connectivity index (χ0n) is 12.3. The summed E-state index contributed by atoms with van der Waals surface area (Å²) < 4.78 is 0. The van der Waals surface area contributed by atoms with Crippen LogP contribution in [0.3, 0.4) is 0 Å². The number of urea groups is 1. The number of aromatic nitrogens is 2. The Morgan fingerprint density at radius 1 is 1.41 bits per heavy atom. The lowest BCUT2D eigenvalue weighted by molar-refractivity contribution is 0.182. The molecule has 1 saturated heterocycles. The Morgan fingerprint density at radius 2 is 2.23 bits per heavy atom. The van der Waals surface area contributed by atoms with E-state index >= 15 is 0 Å². The number of piperidine rings is 1. The maximum atomic E-state index is 12.3. The minimum absolute atomic E-state index is 0.0535. The molecular weight excluding hydrogens is 300 g/mol. The smallest absolute Gasteiger partial charge is 0.321 e. The lowest BCUT2D eigenvalue weighted by atomic mass is 9.92. The number of imidazole rings is 1. The Hall–Kier alpha value is -2.01. The monoisotopic (exact) mass is 318 g/mol. The molecule has 2 aromatic rings. The quantitative estimate of drug-likeness (QED) is 0.909. The van der Waals surface area contributed by atoms with Crippen LogP contribution < -0.4 is 5.32 Å². The van der Waals surface area contributed by atoms with E-state index in [1.54, 1.807) is 18.5 Å². The van der Waals surface area contributed by atoms with Gasteiger partial charge < -0.3 is 15.2 Å². The van der Waals surface area contributed by atoms with Crippen molar-refractivity contribution in [2.75, 3.05) is 18.4 Å². The molecule has 0 radical (unpaired) electrons. The number of aromatic amines is 1. The molecule has 0 atom stereocenters. The molecule has 1 fully saturated rings. The summed E-state index contributed by atoms with van der Waals surface area (Å²) in [5, 5.41) is 3.52. The van der Waals surface area contributed by atoms with Crippen LogP contribution in [0.25, 0.3) is 0 Å². The molecular formula is C16H19ClN4O. The highest BCUT2D eigenvalue weighted by atomic mass is 35.5. The number of H-pyrrole nitrogens is 1. The van der Waals surface area contributed by atoms with E-state index < -0.39 is 0 Å². The first kappa shape index (κ1) is 14.9. The Morgan fingerprint density at radius 3 is 2.91 bits per heavy atom. The van der Waals surface area contributed by atoms with Crippen molar-refractivity contribution in [2.24, 2.45) is 5.92 Å². The number of amides is 2. The number of benzene rings is 1. The van der Waals surface area contributed by atoms with Crippen molar-refractivity contribution in [1.29, 1.82) is 0 Å². The third-order valence-corrected chi connectivity index (χ3v) is 4.28. The number of hydrogen-bond acceptors (Lipinski definition) is 2. The highest BCUT2D eigenvalue weighted by molar-refractivity contribution is 6.30. The van der Waals surface area contributed by atoms with Gasteiger partial charge in [-0.3, -0.25) is 0 Å². The fourth-order valence-corrected chi connectivity index (χ4v) is 3.01. The third-order valence-electron chi connectivity index (χ3n) is 4.04. The molecule has 3 rings (SSSR count). The van der Waals surface area contributed by atoms with Crippen LogP contribution in [0.5, 0.6) is 0 Å². The normalized spacial score (nSPS) is 15.8. The summed E-state index contributed by atoms with van der Waals surface area (Å²) >= 11 is 5.93. The SMILES string of the molecule is O=C(Nc1cccc(Cl)c1)N1CCC(Cc2cnc[nH]2)CC1. The summed E-state index contributed by atoms with van der Waals surface area (Å²) in [7, 11) is 0. The first-order valence-electron chi connectivity index (χ1n) is 7.49. The lowest BCUT2D eigenvalue weighted by Crippen LogP contribution is -2.41. The number of hydrogen-bond donors (Lipinski definition) is 2. The van der Waals surface area contributed by atoms with Gasteiger partial charge in [0.15, 0.2) is 0 Å². The van der Waals surface area contributed by atoms with Gasteiger partial charge in [0.05, 0.1) is 6.33 Å². The molecule has 0 unspecified atom stereocenters. The van der Waals surface area contributed by atoms with Crippen molar-refractivity contribution < 1.29 is 4.79 Å². The molecule has 1 aliphatic heterocycles. The molecule has 2 amide bonds. The van der Waals surface area contributed by atoms with E-state index in [0.717, 1.165) is 38.0 Å². The number of nitrogens with one attached hydrogen (secondary N) is 2. The molecule has 0 bridgehead atoms. The average Bonchev–Trinajstić information content (AvgIpc) is 3.01. The van der Waals surface area contributed by atoms with E-state index in [4.69, 9.17) is 11.6 Å². The van der Waals surface area contributed by atoms with Crippen molar-refractivity contribution in [1.82, 2.24) is 14.9 Å². The van der Waals surface area contributed by atoms with E-state index in [-0.39, 0.29) is 6.03 Å². The van der Waals surface area contributed by atoms with Crippen LogP contribution in [0.2, 0.25) is 5.02 Å². The highest BCUT2D eigenvalue weighted by Gasteiger charge is 2.23. The molecule has 0 spiro atoms. The second-order valence-electron chi connectivity index (χ2n) is 5.65. The van der Waals surface area contributed by atoms with Crippen LogP contribution in [0.15, 0.2) is 36.8 Å². The summed E-state index contributed by atoms with van der Waals surface area (Å²) in [6, 6.07) is 7.16. The third kappa shape index (κ3) is 3.80. The first-order valence-corrected chi connectivity index (χ1v) is 7.87. The van der Waals surface area contributed by atoms with Crippen molar-refractivity contribution in [3.63, 3.8) is 0 Å². The summed E-state index contributed by atoms with van der Waals surface area (Å²) in [6.45, 7) is 1.57. The number of rotatable bonds is 3. The highest BCUT2D eigenvalue weighted by Crippen LogP contribution is 2.22. The molecule has 0 saturated carbocycles. The minimum Gasteiger partial charge on any atom is -0.348 e. The Kier molecular flexibility index (Phi) is 4.63. The maximum absolute atomic E-state index is 12.3. The molecule has 6 heteroatoms. The van der Waals surface area contributed by atoms with Gasteiger partial charge in [0.1, 0.15) is 0 Å². The second kappa shape index (κ2) is 6.83. The van der Waals surface area contributed by atoms with E-state index in [2.05, 4.69) is 15.3 Å². The summed E-state index contributed by atoms with van der Waals surface area (Å²) in [5.41, 5.74) is 1.90. The van der Waals surface area contributed by atoms with Crippen LogP contribution in [0, 0.1) is 5.92 Å². The van der Waals surface area contributed by atoms with Gasteiger partial charge in [-0.2, -0.15) is 0 Å². The second-order valence-corrected chi connectivity index (χ2v) is 6.09. The van der Waals surface area contributed by atoms with Gasteiger partial charge in [-0.15, -0.1) is 0 Å². The number of carbonyl (C=O) groups is 1. The average molecular weight is 319 g/mol. The standard InChI is InChI=1S/C16H19ClN4O/c17-13-2-1-3-14(9-13)20-16(22)21-6-4-12(5-7-21)8-15-10-18-11-19-15/h1-3,9-12H,4-8H2,(H,18,19)(H,20,22). The molecule has 0 aliphatic carbocycles. The number of halogens is 1. The molecule has 1 aromatic carbocycles. The number of nitrogens with zero attached hydrogens (tertiary/aromatic N) is 2. The van der Waals surface area contributed by atoms with E-state index in [1.807, 2.05) is 23.2 Å². The minimum atomic E-state index is -0.0535. The topological polar surface area (TPSA) is 61.0 Å². The Labute approximate surface area is 134 Å². The van der Waals surface area contributed by atoms with Crippen molar-refractivity contribution >= 4 is 23.3 Å². The van der Waals surface area contributed by atoms with Gasteiger partial charge in [0.2, 0.25) is 0 Å². The van der Waals surface area contributed by atoms with Gasteiger partial charge in [0.25, 0.3) is 0 Å². The molecule has 1 aromatic heterocycles. The largest absolute Gasteiger partial charge is 0.348 e. The molecule has 116 valence electrons. The molecule has 2 heterocycles. The van der Waals surface area contributed by atoms with Gasteiger partial charge in [-0.05, 0) is 43.4 Å². The first-order chi connectivity index (χ1) is 10.7. The molecule has 5 nitrogen and oxygen atoms in total.